The predicted molar refractivity (Wildman–Crippen MR) is 61.5 cm³/mol. The summed E-state index contributed by atoms with van der Waals surface area (Å²) < 4.78 is 13.5. The highest BCUT2D eigenvalue weighted by Crippen LogP contribution is 2.23. The lowest BCUT2D eigenvalue weighted by Gasteiger charge is -2.18. The van der Waals surface area contributed by atoms with Crippen molar-refractivity contribution in [2.45, 2.75) is 17.7 Å². The van der Waals surface area contributed by atoms with Gasteiger partial charge in [0.1, 0.15) is 4.83 Å². The van der Waals surface area contributed by atoms with Crippen LogP contribution >= 0.6 is 15.9 Å². The summed E-state index contributed by atoms with van der Waals surface area (Å²) in [6, 6.07) is 0. The lowest BCUT2D eigenvalue weighted by Crippen LogP contribution is -2.29. The minimum atomic E-state index is -0.759. The lowest BCUT2D eigenvalue weighted by atomic mass is 9.97. The topological polar surface area (TPSA) is 78.9 Å². The molecule has 0 aliphatic rings. The van der Waals surface area contributed by atoms with Crippen molar-refractivity contribution in [1.29, 1.82) is 0 Å². The molecule has 0 aliphatic carbocycles. The van der Waals surface area contributed by atoms with Gasteiger partial charge in [-0.05, 0) is 0 Å². The molecule has 0 aliphatic heterocycles. The van der Waals surface area contributed by atoms with Gasteiger partial charge in [0.25, 0.3) is 0 Å². The Balaban J connectivity index is 4.65. The van der Waals surface area contributed by atoms with Crippen molar-refractivity contribution >= 4 is 33.8 Å². The van der Waals surface area contributed by atoms with Crippen LogP contribution in [0.15, 0.2) is 0 Å². The molecule has 0 saturated heterocycles. The Hall–Kier alpha value is -1.11. The van der Waals surface area contributed by atoms with Gasteiger partial charge in [-0.25, -0.2) is 0 Å². The largest absolute Gasteiger partial charge is 0.469 e. The average Bonchev–Trinajstić information content (AvgIpc) is 2.35. The third kappa shape index (κ3) is 5.67. The molecule has 1 unspecified atom stereocenters. The molecule has 1 atom stereocenters. The summed E-state index contributed by atoms with van der Waals surface area (Å²) in [6.07, 6.45) is -0.146. The Bertz CT molecular complexity index is 273. The van der Waals surface area contributed by atoms with E-state index in [9.17, 15) is 14.4 Å². The molecule has 0 bridgehead atoms. The first-order valence-corrected chi connectivity index (χ1v) is 5.73. The van der Waals surface area contributed by atoms with Crippen molar-refractivity contribution in [2.75, 3.05) is 21.3 Å². The first kappa shape index (κ1) is 15.9. The van der Waals surface area contributed by atoms with Crippen LogP contribution < -0.4 is 0 Å². The zero-order valence-electron chi connectivity index (χ0n) is 9.90. The molecule has 7 heteroatoms. The van der Waals surface area contributed by atoms with Crippen LogP contribution in [0.5, 0.6) is 0 Å². The van der Waals surface area contributed by atoms with E-state index in [1.54, 1.807) is 0 Å². The lowest BCUT2D eigenvalue weighted by molar-refractivity contribution is -0.146. The molecule has 0 fully saturated rings. The maximum Gasteiger partial charge on any atom is 0.319 e. The molecule has 0 amide bonds. The van der Waals surface area contributed by atoms with Crippen LogP contribution in [0.3, 0.4) is 0 Å². The summed E-state index contributed by atoms with van der Waals surface area (Å²) in [5, 5.41) is 0. The highest BCUT2D eigenvalue weighted by Gasteiger charge is 2.31. The zero-order valence-corrected chi connectivity index (χ0v) is 11.5. The van der Waals surface area contributed by atoms with Gasteiger partial charge in [-0.2, -0.15) is 0 Å². The SMILES string of the molecule is COC(=O)CC(CC(=O)OC)C(Br)C(=O)OC. The van der Waals surface area contributed by atoms with E-state index in [1.807, 2.05) is 0 Å². The second-order valence-electron chi connectivity index (χ2n) is 3.25. The summed E-state index contributed by atoms with van der Waals surface area (Å²) >= 11 is 3.10. The molecule has 0 N–H and O–H groups in total. The minimum absolute atomic E-state index is 0.0728. The van der Waals surface area contributed by atoms with Gasteiger partial charge in [0.2, 0.25) is 0 Å². The van der Waals surface area contributed by atoms with E-state index in [4.69, 9.17) is 0 Å². The number of hydrogen-bond donors (Lipinski definition) is 0. The average molecular weight is 311 g/mol. The number of halogens is 1. The number of rotatable bonds is 6. The van der Waals surface area contributed by atoms with Gasteiger partial charge in [-0.3, -0.25) is 14.4 Å². The highest BCUT2D eigenvalue weighted by molar-refractivity contribution is 9.10. The summed E-state index contributed by atoms with van der Waals surface area (Å²) in [4.78, 5) is 32.9. The Morgan fingerprint density at radius 1 is 0.941 bits per heavy atom. The molecule has 0 spiro atoms. The standard InChI is InChI=1S/C10H15BrO6/c1-15-7(12)4-6(5-8(13)16-2)9(11)10(14)17-3/h6,9H,4-5H2,1-3H3. The number of ether oxygens (including phenoxy) is 3. The van der Waals surface area contributed by atoms with E-state index in [0.29, 0.717) is 0 Å². The fourth-order valence-corrected chi connectivity index (χ4v) is 1.74. The summed E-state index contributed by atoms with van der Waals surface area (Å²) in [5.74, 6) is -2.13. The van der Waals surface area contributed by atoms with Crippen LogP contribution in [0, 0.1) is 5.92 Å². The summed E-state index contributed by atoms with van der Waals surface area (Å²) in [6.45, 7) is 0. The fourth-order valence-electron chi connectivity index (χ4n) is 1.18. The molecule has 0 saturated carbocycles. The first-order chi connectivity index (χ1) is 7.96. The Kier molecular flexibility index (Phi) is 7.53. The van der Waals surface area contributed by atoms with Gasteiger partial charge in [0.15, 0.2) is 0 Å². The van der Waals surface area contributed by atoms with E-state index in [-0.39, 0.29) is 12.8 Å². The van der Waals surface area contributed by atoms with E-state index < -0.39 is 28.7 Å². The first-order valence-electron chi connectivity index (χ1n) is 4.81. The number of esters is 3. The number of hydrogen-bond acceptors (Lipinski definition) is 6. The Labute approximate surface area is 108 Å². The molecule has 98 valence electrons. The summed E-state index contributed by atoms with van der Waals surface area (Å²) in [7, 11) is 3.70. The van der Waals surface area contributed by atoms with Crippen molar-refractivity contribution in [3.63, 3.8) is 0 Å². The second kappa shape index (κ2) is 8.05. The van der Waals surface area contributed by atoms with E-state index in [1.165, 1.54) is 21.3 Å². The molecule has 0 rings (SSSR count). The molecular weight excluding hydrogens is 296 g/mol. The fraction of sp³-hybridized carbons (Fsp3) is 0.700. The van der Waals surface area contributed by atoms with Gasteiger partial charge in [0.05, 0.1) is 34.2 Å². The van der Waals surface area contributed by atoms with Crippen molar-refractivity contribution in [2.24, 2.45) is 5.92 Å². The Morgan fingerprint density at radius 3 is 1.65 bits per heavy atom. The third-order valence-corrected chi connectivity index (χ3v) is 3.27. The number of methoxy groups -OCH3 is 3. The number of carbonyl (C=O) groups excluding carboxylic acids is 3. The van der Waals surface area contributed by atoms with Crippen LogP contribution in [0.2, 0.25) is 0 Å². The van der Waals surface area contributed by atoms with Crippen LogP contribution in [0.1, 0.15) is 12.8 Å². The highest BCUT2D eigenvalue weighted by atomic mass is 79.9. The normalized spacial score (nSPS) is 11.8. The number of alkyl halides is 1. The second-order valence-corrected chi connectivity index (χ2v) is 4.23. The molecular formula is C10H15BrO6. The van der Waals surface area contributed by atoms with Crippen molar-refractivity contribution in [3.8, 4) is 0 Å². The monoisotopic (exact) mass is 310 g/mol. The molecule has 0 aromatic rings. The summed E-state index contributed by atoms with van der Waals surface area (Å²) in [5.41, 5.74) is 0. The predicted octanol–water partition coefficient (Wildman–Crippen LogP) is 0.665. The van der Waals surface area contributed by atoms with Gasteiger partial charge in [-0.15, -0.1) is 0 Å². The smallest absolute Gasteiger partial charge is 0.319 e. The van der Waals surface area contributed by atoms with Crippen molar-refractivity contribution in [3.05, 3.63) is 0 Å². The minimum Gasteiger partial charge on any atom is -0.469 e. The maximum atomic E-state index is 11.3. The third-order valence-electron chi connectivity index (χ3n) is 2.15. The molecule has 0 aromatic carbocycles. The molecule has 0 aromatic heterocycles. The van der Waals surface area contributed by atoms with Crippen LogP contribution in [-0.2, 0) is 28.6 Å². The number of carbonyl (C=O) groups is 3. The van der Waals surface area contributed by atoms with Crippen LogP contribution in [-0.4, -0.2) is 44.1 Å². The van der Waals surface area contributed by atoms with Gasteiger partial charge >= 0.3 is 17.9 Å². The van der Waals surface area contributed by atoms with E-state index in [0.717, 1.165) is 0 Å². The quantitative estimate of drug-likeness (QED) is 0.407. The van der Waals surface area contributed by atoms with Gasteiger partial charge in [0, 0.05) is 5.92 Å². The van der Waals surface area contributed by atoms with Crippen LogP contribution in [0.25, 0.3) is 0 Å². The zero-order chi connectivity index (χ0) is 13.4. The Morgan fingerprint density at radius 2 is 1.35 bits per heavy atom. The van der Waals surface area contributed by atoms with E-state index in [2.05, 4.69) is 30.1 Å². The molecule has 17 heavy (non-hydrogen) atoms. The molecule has 6 nitrogen and oxygen atoms in total. The van der Waals surface area contributed by atoms with Crippen molar-refractivity contribution in [1.82, 2.24) is 0 Å². The van der Waals surface area contributed by atoms with Crippen molar-refractivity contribution < 1.29 is 28.6 Å². The molecule has 0 radical (unpaired) electrons. The van der Waals surface area contributed by atoms with E-state index >= 15 is 0 Å². The van der Waals surface area contributed by atoms with Gasteiger partial charge in [-0.1, -0.05) is 15.9 Å². The van der Waals surface area contributed by atoms with Crippen LogP contribution in [0.4, 0.5) is 0 Å². The van der Waals surface area contributed by atoms with Gasteiger partial charge < -0.3 is 14.2 Å². The molecule has 0 heterocycles. The maximum absolute atomic E-state index is 11.3.